The fraction of sp³-hybridized carbons (Fsp3) is 0.750. The van der Waals surface area contributed by atoms with Crippen LogP contribution in [-0.4, -0.2) is 35.6 Å². The number of nitrogens with one attached hydrogen (secondary N) is 1. The summed E-state index contributed by atoms with van der Waals surface area (Å²) < 4.78 is 0. The zero-order chi connectivity index (χ0) is 11.4. The third-order valence-corrected chi connectivity index (χ3v) is 3.86. The van der Waals surface area contributed by atoms with Crippen molar-refractivity contribution in [3.8, 4) is 0 Å². The quantitative estimate of drug-likeness (QED) is 0.869. The van der Waals surface area contributed by atoms with Crippen LogP contribution in [-0.2, 0) is 13.0 Å². The fourth-order valence-electron chi connectivity index (χ4n) is 2.14. The van der Waals surface area contributed by atoms with Crippen LogP contribution in [0.5, 0.6) is 0 Å². The standard InChI is InChI=1S/C12H21N3S/c1-3-4-12-14-11(9-16-12)8-15-6-5-13-10(2)7-15/h9-10,13H,3-8H2,1-2H3/t10-/m0/s1. The van der Waals surface area contributed by atoms with E-state index in [0.717, 1.165) is 32.6 Å². The second-order valence-electron chi connectivity index (χ2n) is 4.57. The molecule has 1 aromatic heterocycles. The number of hydrogen-bond acceptors (Lipinski definition) is 4. The molecular formula is C12H21N3S. The molecule has 1 aliphatic heterocycles. The molecule has 0 unspecified atom stereocenters. The molecule has 1 aromatic rings. The molecule has 16 heavy (non-hydrogen) atoms. The molecule has 2 heterocycles. The first-order valence-corrected chi connectivity index (χ1v) is 7.05. The molecule has 0 aliphatic carbocycles. The summed E-state index contributed by atoms with van der Waals surface area (Å²) in [5, 5.41) is 6.98. The maximum absolute atomic E-state index is 4.68. The molecule has 0 spiro atoms. The number of aromatic nitrogens is 1. The minimum atomic E-state index is 0.613. The lowest BCUT2D eigenvalue weighted by atomic mass is 10.2. The highest BCUT2D eigenvalue weighted by Crippen LogP contribution is 2.14. The predicted octanol–water partition coefficient (Wildman–Crippen LogP) is 1.89. The minimum Gasteiger partial charge on any atom is -0.312 e. The third-order valence-electron chi connectivity index (χ3n) is 2.90. The van der Waals surface area contributed by atoms with Crippen LogP contribution in [0.15, 0.2) is 5.38 Å². The average molecular weight is 239 g/mol. The van der Waals surface area contributed by atoms with E-state index in [2.05, 4.69) is 34.4 Å². The van der Waals surface area contributed by atoms with Gasteiger partial charge in [-0.15, -0.1) is 11.3 Å². The SMILES string of the molecule is CCCc1nc(CN2CCN[C@@H](C)C2)cs1. The van der Waals surface area contributed by atoms with E-state index < -0.39 is 0 Å². The van der Waals surface area contributed by atoms with Crippen LogP contribution >= 0.6 is 11.3 Å². The van der Waals surface area contributed by atoms with E-state index in [0.29, 0.717) is 6.04 Å². The van der Waals surface area contributed by atoms with Crippen LogP contribution in [0.2, 0.25) is 0 Å². The van der Waals surface area contributed by atoms with Crippen molar-refractivity contribution in [2.24, 2.45) is 0 Å². The van der Waals surface area contributed by atoms with Crippen molar-refractivity contribution in [2.45, 2.75) is 39.3 Å². The Balaban J connectivity index is 1.87. The van der Waals surface area contributed by atoms with E-state index in [4.69, 9.17) is 0 Å². The first kappa shape index (κ1) is 12.0. The molecule has 2 rings (SSSR count). The van der Waals surface area contributed by atoms with Crippen LogP contribution in [0.4, 0.5) is 0 Å². The third kappa shape index (κ3) is 3.27. The largest absolute Gasteiger partial charge is 0.312 e. The molecule has 1 aliphatic rings. The normalized spacial score (nSPS) is 22.5. The highest BCUT2D eigenvalue weighted by atomic mass is 32.1. The van der Waals surface area contributed by atoms with Gasteiger partial charge in [0.1, 0.15) is 0 Å². The van der Waals surface area contributed by atoms with Gasteiger partial charge in [-0.3, -0.25) is 4.90 Å². The molecular weight excluding hydrogens is 218 g/mol. The Morgan fingerprint density at radius 2 is 2.50 bits per heavy atom. The van der Waals surface area contributed by atoms with Gasteiger partial charge in [-0.05, 0) is 19.8 Å². The van der Waals surface area contributed by atoms with Gasteiger partial charge in [-0.1, -0.05) is 6.92 Å². The predicted molar refractivity (Wildman–Crippen MR) is 68.9 cm³/mol. The summed E-state index contributed by atoms with van der Waals surface area (Å²) in [6, 6.07) is 0.613. The molecule has 0 aromatic carbocycles. The smallest absolute Gasteiger partial charge is 0.0928 e. The molecule has 0 bridgehead atoms. The summed E-state index contributed by atoms with van der Waals surface area (Å²) in [5.74, 6) is 0. The Labute approximate surface area is 102 Å². The summed E-state index contributed by atoms with van der Waals surface area (Å²) in [4.78, 5) is 7.17. The average Bonchev–Trinajstić information content (AvgIpc) is 2.66. The molecule has 1 N–H and O–H groups in total. The zero-order valence-electron chi connectivity index (χ0n) is 10.2. The second-order valence-corrected chi connectivity index (χ2v) is 5.52. The molecule has 1 saturated heterocycles. The second kappa shape index (κ2) is 5.75. The van der Waals surface area contributed by atoms with E-state index in [1.807, 2.05) is 11.3 Å². The van der Waals surface area contributed by atoms with Crippen LogP contribution < -0.4 is 5.32 Å². The first-order chi connectivity index (χ1) is 7.78. The molecule has 90 valence electrons. The Bertz CT molecular complexity index is 324. The highest BCUT2D eigenvalue weighted by Gasteiger charge is 2.16. The van der Waals surface area contributed by atoms with Crippen molar-refractivity contribution >= 4 is 11.3 Å². The van der Waals surface area contributed by atoms with E-state index in [1.54, 1.807) is 0 Å². The monoisotopic (exact) mass is 239 g/mol. The molecule has 0 amide bonds. The Hall–Kier alpha value is -0.450. The van der Waals surface area contributed by atoms with Crippen molar-refractivity contribution in [3.05, 3.63) is 16.1 Å². The number of rotatable bonds is 4. The van der Waals surface area contributed by atoms with Gasteiger partial charge in [-0.25, -0.2) is 4.98 Å². The van der Waals surface area contributed by atoms with Gasteiger partial charge in [0, 0.05) is 37.6 Å². The van der Waals surface area contributed by atoms with Crippen LogP contribution in [0.25, 0.3) is 0 Å². The first-order valence-electron chi connectivity index (χ1n) is 6.17. The Morgan fingerprint density at radius 3 is 3.25 bits per heavy atom. The lowest BCUT2D eigenvalue weighted by molar-refractivity contribution is 0.198. The summed E-state index contributed by atoms with van der Waals surface area (Å²) >= 11 is 1.81. The topological polar surface area (TPSA) is 28.2 Å². The molecule has 4 heteroatoms. The van der Waals surface area contributed by atoms with Crippen molar-refractivity contribution in [1.29, 1.82) is 0 Å². The van der Waals surface area contributed by atoms with Gasteiger partial charge in [-0.2, -0.15) is 0 Å². The van der Waals surface area contributed by atoms with Crippen LogP contribution in [0.1, 0.15) is 31.0 Å². The van der Waals surface area contributed by atoms with Gasteiger partial charge < -0.3 is 5.32 Å². The van der Waals surface area contributed by atoms with Gasteiger partial charge in [0.15, 0.2) is 0 Å². The fourth-order valence-corrected chi connectivity index (χ4v) is 3.03. The maximum atomic E-state index is 4.68. The number of nitrogens with zero attached hydrogens (tertiary/aromatic N) is 2. The van der Waals surface area contributed by atoms with Crippen molar-refractivity contribution in [2.75, 3.05) is 19.6 Å². The molecule has 3 nitrogen and oxygen atoms in total. The Morgan fingerprint density at radius 1 is 1.62 bits per heavy atom. The van der Waals surface area contributed by atoms with E-state index in [-0.39, 0.29) is 0 Å². The molecule has 0 saturated carbocycles. The van der Waals surface area contributed by atoms with E-state index in [1.165, 1.54) is 17.1 Å². The summed E-state index contributed by atoms with van der Waals surface area (Å²) in [6.07, 6.45) is 2.32. The summed E-state index contributed by atoms with van der Waals surface area (Å²) in [6.45, 7) is 8.86. The lowest BCUT2D eigenvalue weighted by Crippen LogP contribution is -2.48. The van der Waals surface area contributed by atoms with Crippen LogP contribution in [0.3, 0.4) is 0 Å². The van der Waals surface area contributed by atoms with Crippen LogP contribution in [0, 0.1) is 0 Å². The van der Waals surface area contributed by atoms with Gasteiger partial charge in [0.05, 0.1) is 10.7 Å². The maximum Gasteiger partial charge on any atom is 0.0928 e. The number of hydrogen-bond donors (Lipinski definition) is 1. The number of piperazine rings is 1. The number of thiazole rings is 1. The number of aryl methyl sites for hydroxylation is 1. The van der Waals surface area contributed by atoms with Gasteiger partial charge in [0.2, 0.25) is 0 Å². The Kier molecular flexibility index (Phi) is 4.32. The van der Waals surface area contributed by atoms with Crippen molar-refractivity contribution < 1.29 is 0 Å². The zero-order valence-corrected chi connectivity index (χ0v) is 11.0. The lowest BCUT2D eigenvalue weighted by Gasteiger charge is -2.31. The van der Waals surface area contributed by atoms with Gasteiger partial charge in [0.25, 0.3) is 0 Å². The summed E-state index contributed by atoms with van der Waals surface area (Å²) in [7, 11) is 0. The van der Waals surface area contributed by atoms with E-state index >= 15 is 0 Å². The highest BCUT2D eigenvalue weighted by molar-refractivity contribution is 7.09. The van der Waals surface area contributed by atoms with Crippen molar-refractivity contribution in [1.82, 2.24) is 15.2 Å². The minimum absolute atomic E-state index is 0.613. The van der Waals surface area contributed by atoms with E-state index in [9.17, 15) is 0 Å². The molecule has 1 fully saturated rings. The van der Waals surface area contributed by atoms with Crippen molar-refractivity contribution in [3.63, 3.8) is 0 Å². The molecule has 0 radical (unpaired) electrons. The van der Waals surface area contributed by atoms with Gasteiger partial charge >= 0.3 is 0 Å². The molecule has 1 atom stereocenters. The summed E-state index contributed by atoms with van der Waals surface area (Å²) in [5.41, 5.74) is 1.25.